The lowest BCUT2D eigenvalue weighted by atomic mass is 10.2. The molecule has 0 radical (unpaired) electrons. The molecule has 114 valence electrons. The summed E-state index contributed by atoms with van der Waals surface area (Å²) >= 11 is 0. The van der Waals surface area contributed by atoms with Crippen LogP contribution in [-0.4, -0.2) is 18.0 Å². The minimum absolute atomic E-state index is 0.163. The third-order valence-electron chi connectivity index (χ3n) is 3.75. The largest absolute Gasteiger partial charge is 0.467 e. The number of amides is 2. The van der Waals surface area contributed by atoms with Crippen LogP contribution in [-0.2, 0) is 6.54 Å². The minimum atomic E-state index is -0.177. The summed E-state index contributed by atoms with van der Waals surface area (Å²) in [5.74, 6) is 1.48. The van der Waals surface area contributed by atoms with E-state index < -0.39 is 0 Å². The number of nitrogens with one attached hydrogen (secondary N) is 1. The highest BCUT2D eigenvalue weighted by Gasteiger charge is 2.20. The molecule has 1 atom stereocenters. The fraction of sp³-hybridized carbons (Fsp3) is 0.235. The van der Waals surface area contributed by atoms with Crippen LogP contribution < -0.4 is 5.32 Å². The van der Waals surface area contributed by atoms with E-state index in [0.29, 0.717) is 6.54 Å². The Labute approximate surface area is 128 Å². The van der Waals surface area contributed by atoms with E-state index in [1.165, 1.54) is 0 Å². The van der Waals surface area contributed by atoms with Crippen LogP contribution >= 0.6 is 0 Å². The van der Waals surface area contributed by atoms with Crippen molar-refractivity contribution in [3.05, 3.63) is 60.2 Å². The van der Waals surface area contributed by atoms with Gasteiger partial charge in [-0.1, -0.05) is 18.2 Å². The molecule has 3 rings (SSSR count). The second-order valence-corrected chi connectivity index (χ2v) is 5.21. The normalized spacial score (nSPS) is 12.3. The molecule has 0 fully saturated rings. The molecule has 0 spiro atoms. The standard InChI is InChI=1S/C17H18N2O3/c1-12(16-10-13-6-3-4-8-15(13)22-16)19(2)17(20)18-11-14-7-5-9-21-14/h3-10,12H,11H2,1-2H3,(H,18,20). The Morgan fingerprint density at radius 1 is 1.27 bits per heavy atom. The van der Waals surface area contributed by atoms with Crippen molar-refractivity contribution in [2.45, 2.75) is 19.5 Å². The van der Waals surface area contributed by atoms with E-state index in [4.69, 9.17) is 8.83 Å². The molecule has 1 N–H and O–H groups in total. The van der Waals surface area contributed by atoms with Crippen LogP contribution in [0, 0.1) is 0 Å². The molecule has 2 amide bonds. The average molecular weight is 298 g/mol. The van der Waals surface area contributed by atoms with Gasteiger partial charge in [-0.15, -0.1) is 0 Å². The van der Waals surface area contributed by atoms with Gasteiger partial charge in [0.05, 0.1) is 18.8 Å². The summed E-state index contributed by atoms with van der Waals surface area (Å²) in [5.41, 5.74) is 0.828. The third-order valence-corrected chi connectivity index (χ3v) is 3.75. The van der Waals surface area contributed by atoms with E-state index in [0.717, 1.165) is 22.5 Å². The maximum Gasteiger partial charge on any atom is 0.318 e. The number of carbonyl (C=O) groups is 1. The number of nitrogens with zero attached hydrogens (tertiary/aromatic N) is 1. The molecule has 0 aliphatic heterocycles. The SMILES string of the molecule is CC(c1cc2ccccc2o1)N(C)C(=O)NCc1ccco1. The van der Waals surface area contributed by atoms with Gasteiger partial charge in [-0.25, -0.2) is 4.79 Å². The Hall–Kier alpha value is -2.69. The lowest BCUT2D eigenvalue weighted by Crippen LogP contribution is -2.38. The first-order valence-electron chi connectivity index (χ1n) is 7.16. The van der Waals surface area contributed by atoms with Gasteiger partial charge in [0, 0.05) is 12.4 Å². The van der Waals surface area contributed by atoms with Crippen LogP contribution in [0.25, 0.3) is 11.0 Å². The van der Waals surface area contributed by atoms with E-state index in [1.807, 2.05) is 43.3 Å². The Morgan fingerprint density at radius 2 is 2.09 bits per heavy atom. The summed E-state index contributed by atoms with van der Waals surface area (Å²) in [4.78, 5) is 13.8. The van der Waals surface area contributed by atoms with Crippen molar-refractivity contribution in [1.82, 2.24) is 10.2 Å². The number of hydrogen-bond acceptors (Lipinski definition) is 3. The smallest absolute Gasteiger partial charge is 0.318 e. The van der Waals surface area contributed by atoms with Crippen molar-refractivity contribution in [3.8, 4) is 0 Å². The van der Waals surface area contributed by atoms with Crippen molar-refractivity contribution in [2.75, 3.05) is 7.05 Å². The summed E-state index contributed by atoms with van der Waals surface area (Å²) < 4.78 is 11.0. The molecule has 5 nitrogen and oxygen atoms in total. The zero-order valence-electron chi connectivity index (χ0n) is 12.6. The maximum atomic E-state index is 12.2. The first-order chi connectivity index (χ1) is 10.6. The number of carbonyl (C=O) groups excluding carboxylic acids is 1. The molecule has 0 bridgehead atoms. The number of hydrogen-bond donors (Lipinski definition) is 1. The Kier molecular flexibility index (Phi) is 3.87. The van der Waals surface area contributed by atoms with Crippen LogP contribution in [0.1, 0.15) is 24.5 Å². The van der Waals surface area contributed by atoms with E-state index >= 15 is 0 Å². The summed E-state index contributed by atoms with van der Waals surface area (Å²) in [7, 11) is 1.75. The predicted molar refractivity (Wildman–Crippen MR) is 83.3 cm³/mol. The second-order valence-electron chi connectivity index (χ2n) is 5.21. The van der Waals surface area contributed by atoms with Gasteiger partial charge in [0.15, 0.2) is 0 Å². The summed E-state index contributed by atoms with van der Waals surface area (Å²) in [6.07, 6.45) is 1.59. The predicted octanol–water partition coefficient (Wildman–Crippen LogP) is 3.93. The molecule has 2 aromatic heterocycles. The minimum Gasteiger partial charge on any atom is -0.467 e. The van der Waals surface area contributed by atoms with Gasteiger partial charge in [-0.2, -0.15) is 0 Å². The summed E-state index contributed by atoms with van der Waals surface area (Å²) in [5, 5.41) is 3.86. The number of para-hydroxylation sites is 1. The van der Waals surface area contributed by atoms with Crippen molar-refractivity contribution in [3.63, 3.8) is 0 Å². The second kappa shape index (κ2) is 5.97. The van der Waals surface area contributed by atoms with Crippen LogP contribution in [0.3, 0.4) is 0 Å². The molecular weight excluding hydrogens is 280 g/mol. The average Bonchev–Trinajstić information content (AvgIpc) is 3.19. The number of fused-ring (bicyclic) bond motifs is 1. The van der Waals surface area contributed by atoms with E-state index in [2.05, 4.69) is 5.32 Å². The highest BCUT2D eigenvalue weighted by atomic mass is 16.3. The molecule has 1 unspecified atom stereocenters. The van der Waals surface area contributed by atoms with Crippen LogP contribution in [0.2, 0.25) is 0 Å². The van der Waals surface area contributed by atoms with E-state index in [-0.39, 0.29) is 12.1 Å². The molecule has 0 saturated heterocycles. The number of furan rings is 2. The molecule has 0 aliphatic carbocycles. The summed E-state index contributed by atoms with van der Waals surface area (Å²) in [6.45, 7) is 2.30. The van der Waals surface area contributed by atoms with Gasteiger partial charge < -0.3 is 19.1 Å². The topological polar surface area (TPSA) is 58.6 Å². The van der Waals surface area contributed by atoms with E-state index in [1.54, 1.807) is 24.3 Å². The van der Waals surface area contributed by atoms with Gasteiger partial charge >= 0.3 is 6.03 Å². The Balaban J connectivity index is 1.67. The van der Waals surface area contributed by atoms with Crippen LogP contribution in [0.5, 0.6) is 0 Å². The summed E-state index contributed by atoms with van der Waals surface area (Å²) in [6, 6.07) is 13.1. The molecule has 1 aromatic carbocycles. The third kappa shape index (κ3) is 2.83. The highest BCUT2D eigenvalue weighted by Crippen LogP contribution is 2.26. The highest BCUT2D eigenvalue weighted by molar-refractivity contribution is 5.78. The monoisotopic (exact) mass is 298 g/mol. The van der Waals surface area contributed by atoms with Gasteiger partial charge in [-0.05, 0) is 31.2 Å². The van der Waals surface area contributed by atoms with Gasteiger partial charge in [-0.3, -0.25) is 0 Å². The lowest BCUT2D eigenvalue weighted by molar-refractivity contribution is 0.187. The first kappa shape index (κ1) is 14.3. The lowest BCUT2D eigenvalue weighted by Gasteiger charge is -2.23. The van der Waals surface area contributed by atoms with Crippen molar-refractivity contribution < 1.29 is 13.6 Å². The molecule has 22 heavy (non-hydrogen) atoms. The van der Waals surface area contributed by atoms with Crippen LogP contribution in [0.15, 0.2) is 57.6 Å². The number of rotatable bonds is 4. The van der Waals surface area contributed by atoms with Crippen molar-refractivity contribution in [2.24, 2.45) is 0 Å². The molecule has 3 aromatic rings. The quantitative estimate of drug-likeness (QED) is 0.794. The van der Waals surface area contributed by atoms with Gasteiger partial charge in [0.2, 0.25) is 0 Å². The number of benzene rings is 1. The molecule has 5 heteroatoms. The molecule has 0 aliphatic rings. The molecule has 0 saturated carbocycles. The van der Waals surface area contributed by atoms with Gasteiger partial charge in [0.1, 0.15) is 17.1 Å². The first-order valence-corrected chi connectivity index (χ1v) is 7.16. The zero-order valence-corrected chi connectivity index (χ0v) is 12.6. The van der Waals surface area contributed by atoms with Crippen molar-refractivity contribution >= 4 is 17.0 Å². The fourth-order valence-corrected chi connectivity index (χ4v) is 2.28. The van der Waals surface area contributed by atoms with Crippen molar-refractivity contribution in [1.29, 1.82) is 0 Å². The molecular formula is C17H18N2O3. The van der Waals surface area contributed by atoms with Crippen LogP contribution in [0.4, 0.5) is 4.79 Å². The Morgan fingerprint density at radius 3 is 2.82 bits per heavy atom. The number of urea groups is 1. The van der Waals surface area contributed by atoms with Gasteiger partial charge in [0.25, 0.3) is 0 Å². The Bertz CT molecular complexity index is 728. The molecule has 2 heterocycles. The zero-order chi connectivity index (χ0) is 15.5. The van der Waals surface area contributed by atoms with E-state index in [9.17, 15) is 4.79 Å². The fourth-order valence-electron chi connectivity index (χ4n) is 2.28. The maximum absolute atomic E-state index is 12.2.